The van der Waals surface area contributed by atoms with Crippen molar-refractivity contribution in [3.63, 3.8) is 0 Å². The fourth-order valence-electron chi connectivity index (χ4n) is 2.21. The van der Waals surface area contributed by atoms with E-state index in [4.69, 9.17) is 4.74 Å². The number of hydrogen-bond donors (Lipinski definition) is 1. The largest absolute Gasteiger partial charge is 0.496 e. The number of rotatable bonds is 5. The standard InChI is InChI=1S/C16H21N3O2/c1-11-12(2)18-19(13(11)3)10-9-17-16(20)14-7-5-6-8-15(14)21-4/h5-8H,9-10H2,1-4H3,(H,17,20). The number of aryl methyl sites for hydroxylation is 1. The fraction of sp³-hybridized carbons (Fsp3) is 0.375. The van der Waals surface area contributed by atoms with E-state index >= 15 is 0 Å². The molecule has 0 fully saturated rings. The number of carbonyl (C=O) groups excluding carboxylic acids is 1. The maximum Gasteiger partial charge on any atom is 0.255 e. The Labute approximate surface area is 124 Å². The first-order valence-corrected chi connectivity index (χ1v) is 6.96. The van der Waals surface area contributed by atoms with E-state index in [1.807, 2.05) is 30.7 Å². The van der Waals surface area contributed by atoms with E-state index in [9.17, 15) is 4.79 Å². The van der Waals surface area contributed by atoms with Gasteiger partial charge in [0.2, 0.25) is 0 Å². The van der Waals surface area contributed by atoms with Crippen molar-refractivity contribution in [2.45, 2.75) is 27.3 Å². The maximum absolute atomic E-state index is 12.2. The Morgan fingerprint density at radius 1 is 1.29 bits per heavy atom. The van der Waals surface area contributed by atoms with E-state index < -0.39 is 0 Å². The van der Waals surface area contributed by atoms with Crippen molar-refractivity contribution in [1.29, 1.82) is 0 Å². The van der Waals surface area contributed by atoms with Gasteiger partial charge in [0.25, 0.3) is 5.91 Å². The number of benzene rings is 1. The molecule has 0 saturated heterocycles. The van der Waals surface area contributed by atoms with Crippen LogP contribution in [0.2, 0.25) is 0 Å². The molecule has 1 aromatic heterocycles. The van der Waals surface area contributed by atoms with Crippen molar-refractivity contribution in [2.24, 2.45) is 0 Å². The fourth-order valence-corrected chi connectivity index (χ4v) is 2.21. The van der Waals surface area contributed by atoms with Gasteiger partial charge in [-0.15, -0.1) is 0 Å². The average molecular weight is 287 g/mol. The molecule has 112 valence electrons. The van der Waals surface area contributed by atoms with Gasteiger partial charge in [0, 0.05) is 12.2 Å². The Kier molecular flexibility index (Phi) is 4.62. The van der Waals surface area contributed by atoms with Crippen LogP contribution < -0.4 is 10.1 Å². The molecule has 21 heavy (non-hydrogen) atoms. The number of amides is 1. The molecule has 1 aromatic carbocycles. The molecule has 5 nitrogen and oxygen atoms in total. The molecular weight excluding hydrogens is 266 g/mol. The molecule has 1 heterocycles. The molecule has 5 heteroatoms. The van der Waals surface area contributed by atoms with Crippen LogP contribution in [0.1, 0.15) is 27.3 Å². The number of carbonyl (C=O) groups is 1. The highest BCUT2D eigenvalue weighted by Crippen LogP contribution is 2.16. The minimum Gasteiger partial charge on any atom is -0.496 e. The van der Waals surface area contributed by atoms with Crippen molar-refractivity contribution in [2.75, 3.05) is 13.7 Å². The summed E-state index contributed by atoms with van der Waals surface area (Å²) in [5, 5.41) is 7.35. The number of methoxy groups -OCH3 is 1. The smallest absolute Gasteiger partial charge is 0.255 e. The van der Waals surface area contributed by atoms with E-state index in [-0.39, 0.29) is 5.91 Å². The highest BCUT2D eigenvalue weighted by molar-refractivity contribution is 5.96. The van der Waals surface area contributed by atoms with E-state index in [0.717, 1.165) is 11.4 Å². The monoisotopic (exact) mass is 287 g/mol. The van der Waals surface area contributed by atoms with Crippen LogP contribution in [0.3, 0.4) is 0 Å². The zero-order valence-electron chi connectivity index (χ0n) is 12.9. The van der Waals surface area contributed by atoms with Crippen LogP contribution >= 0.6 is 0 Å². The molecule has 2 aromatic rings. The molecular formula is C16H21N3O2. The molecule has 0 unspecified atom stereocenters. The second-order valence-electron chi connectivity index (χ2n) is 4.98. The lowest BCUT2D eigenvalue weighted by atomic mass is 10.2. The second-order valence-corrected chi connectivity index (χ2v) is 4.98. The van der Waals surface area contributed by atoms with Gasteiger partial charge in [-0.25, -0.2) is 0 Å². The highest BCUT2D eigenvalue weighted by Gasteiger charge is 2.11. The van der Waals surface area contributed by atoms with Crippen molar-refractivity contribution >= 4 is 5.91 Å². The second kappa shape index (κ2) is 6.43. The SMILES string of the molecule is COc1ccccc1C(=O)NCCn1nc(C)c(C)c1C. The van der Waals surface area contributed by atoms with Gasteiger partial charge < -0.3 is 10.1 Å². The van der Waals surface area contributed by atoms with Crippen molar-refractivity contribution in [3.05, 3.63) is 46.8 Å². The van der Waals surface area contributed by atoms with E-state index in [1.54, 1.807) is 19.2 Å². The summed E-state index contributed by atoms with van der Waals surface area (Å²) in [6, 6.07) is 7.19. The van der Waals surface area contributed by atoms with Crippen molar-refractivity contribution < 1.29 is 9.53 Å². The normalized spacial score (nSPS) is 10.5. The summed E-state index contributed by atoms with van der Waals surface area (Å²) < 4.78 is 7.11. The number of ether oxygens (including phenoxy) is 1. The molecule has 0 aliphatic rings. The van der Waals surface area contributed by atoms with Gasteiger partial charge in [-0.05, 0) is 38.5 Å². The number of nitrogens with zero attached hydrogens (tertiary/aromatic N) is 2. The zero-order chi connectivity index (χ0) is 15.4. The van der Waals surface area contributed by atoms with E-state index in [2.05, 4.69) is 17.3 Å². The third kappa shape index (κ3) is 3.24. The van der Waals surface area contributed by atoms with Crippen LogP contribution in [-0.2, 0) is 6.54 Å². The van der Waals surface area contributed by atoms with Gasteiger partial charge in [-0.1, -0.05) is 12.1 Å². The lowest BCUT2D eigenvalue weighted by Crippen LogP contribution is -2.28. The first-order valence-electron chi connectivity index (χ1n) is 6.96. The third-order valence-corrected chi connectivity index (χ3v) is 3.70. The summed E-state index contributed by atoms with van der Waals surface area (Å²) in [7, 11) is 1.56. The van der Waals surface area contributed by atoms with Crippen LogP contribution in [0.25, 0.3) is 0 Å². The Hall–Kier alpha value is -2.30. The predicted octanol–water partition coefficient (Wildman–Crippen LogP) is 2.25. The molecule has 0 saturated carbocycles. The molecule has 0 aliphatic heterocycles. The summed E-state index contributed by atoms with van der Waals surface area (Å²) in [6.07, 6.45) is 0. The Balaban J connectivity index is 1.97. The first-order chi connectivity index (χ1) is 10.0. The molecule has 2 rings (SSSR count). The van der Waals surface area contributed by atoms with Gasteiger partial charge in [-0.2, -0.15) is 5.10 Å². The van der Waals surface area contributed by atoms with Gasteiger partial charge in [-0.3, -0.25) is 9.48 Å². The first kappa shape index (κ1) is 15.1. The van der Waals surface area contributed by atoms with Crippen LogP contribution in [0.15, 0.2) is 24.3 Å². The van der Waals surface area contributed by atoms with Gasteiger partial charge in [0.1, 0.15) is 5.75 Å². The topological polar surface area (TPSA) is 56.1 Å². The molecule has 1 N–H and O–H groups in total. The number of nitrogens with one attached hydrogen (secondary N) is 1. The van der Waals surface area contributed by atoms with Crippen molar-refractivity contribution in [3.8, 4) is 5.75 Å². The summed E-state index contributed by atoms with van der Waals surface area (Å²) >= 11 is 0. The average Bonchev–Trinajstić information content (AvgIpc) is 2.74. The maximum atomic E-state index is 12.2. The minimum absolute atomic E-state index is 0.134. The lowest BCUT2D eigenvalue weighted by molar-refractivity contribution is 0.0949. The van der Waals surface area contributed by atoms with E-state index in [1.165, 1.54) is 5.56 Å². The van der Waals surface area contributed by atoms with Gasteiger partial charge in [0.15, 0.2) is 0 Å². The number of para-hydroxylation sites is 1. The molecule has 0 atom stereocenters. The third-order valence-electron chi connectivity index (χ3n) is 3.70. The quantitative estimate of drug-likeness (QED) is 0.917. The summed E-state index contributed by atoms with van der Waals surface area (Å²) in [5.41, 5.74) is 3.91. The van der Waals surface area contributed by atoms with Crippen LogP contribution in [0.5, 0.6) is 5.75 Å². The number of hydrogen-bond acceptors (Lipinski definition) is 3. The highest BCUT2D eigenvalue weighted by atomic mass is 16.5. The Morgan fingerprint density at radius 3 is 2.62 bits per heavy atom. The van der Waals surface area contributed by atoms with Gasteiger partial charge in [0.05, 0.1) is 24.9 Å². The molecule has 1 amide bonds. The number of aromatic nitrogens is 2. The van der Waals surface area contributed by atoms with Crippen LogP contribution in [0, 0.1) is 20.8 Å². The van der Waals surface area contributed by atoms with Crippen LogP contribution in [0.4, 0.5) is 0 Å². The lowest BCUT2D eigenvalue weighted by Gasteiger charge is -2.10. The predicted molar refractivity (Wildman–Crippen MR) is 81.8 cm³/mol. The molecule has 0 spiro atoms. The van der Waals surface area contributed by atoms with Gasteiger partial charge >= 0.3 is 0 Å². The van der Waals surface area contributed by atoms with Crippen LogP contribution in [-0.4, -0.2) is 29.3 Å². The van der Waals surface area contributed by atoms with Crippen molar-refractivity contribution in [1.82, 2.24) is 15.1 Å². The Bertz CT molecular complexity index is 647. The summed E-state index contributed by atoms with van der Waals surface area (Å²) in [6.45, 7) is 7.27. The summed E-state index contributed by atoms with van der Waals surface area (Å²) in [4.78, 5) is 12.2. The zero-order valence-corrected chi connectivity index (χ0v) is 12.9. The van der Waals surface area contributed by atoms with E-state index in [0.29, 0.717) is 24.4 Å². The summed E-state index contributed by atoms with van der Waals surface area (Å²) in [5.74, 6) is 0.447. The molecule has 0 radical (unpaired) electrons. The molecule has 0 bridgehead atoms. The molecule has 0 aliphatic carbocycles. The Morgan fingerprint density at radius 2 is 2.00 bits per heavy atom. The minimum atomic E-state index is -0.134.